The second-order valence-corrected chi connectivity index (χ2v) is 4.53. The van der Waals surface area contributed by atoms with Crippen LogP contribution in [0.25, 0.3) is 10.8 Å². The molecular weight excluding hydrogens is 254 g/mol. The molecule has 0 saturated carbocycles. The maximum absolute atomic E-state index is 12.2. The number of carboxylic acids is 1. The molecule has 4 nitrogen and oxygen atoms in total. The van der Waals surface area contributed by atoms with Gasteiger partial charge in [0.2, 0.25) is 5.91 Å². The van der Waals surface area contributed by atoms with E-state index in [4.69, 9.17) is 5.11 Å². The first-order valence-corrected chi connectivity index (χ1v) is 6.63. The quantitative estimate of drug-likeness (QED) is 0.909. The number of fused-ring (bicyclic) bond motifs is 1. The third kappa shape index (κ3) is 2.96. The molecule has 2 rings (SSSR count). The molecule has 0 fully saturated rings. The van der Waals surface area contributed by atoms with E-state index >= 15 is 0 Å². The average molecular weight is 271 g/mol. The lowest BCUT2D eigenvalue weighted by atomic mass is 10.1. The van der Waals surface area contributed by atoms with Crippen molar-refractivity contribution >= 4 is 28.3 Å². The van der Waals surface area contributed by atoms with Gasteiger partial charge in [-0.3, -0.25) is 9.59 Å². The molecule has 2 aromatic carbocycles. The van der Waals surface area contributed by atoms with Gasteiger partial charge in [0.1, 0.15) is 0 Å². The van der Waals surface area contributed by atoms with E-state index in [9.17, 15) is 9.59 Å². The van der Waals surface area contributed by atoms with Crippen molar-refractivity contribution in [1.29, 1.82) is 0 Å². The van der Waals surface area contributed by atoms with E-state index in [-0.39, 0.29) is 18.7 Å². The first kappa shape index (κ1) is 14.1. The van der Waals surface area contributed by atoms with Crippen molar-refractivity contribution in [3.05, 3.63) is 42.5 Å². The van der Waals surface area contributed by atoms with Crippen molar-refractivity contribution in [2.24, 2.45) is 0 Å². The second kappa shape index (κ2) is 6.19. The highest BCUT2D eigenvalue weighted by atomic mass is 16.4. The number of carbonyl (C=O) groups is 2. The summed E-state index contributed by atoms with van der Waals surface area (Å²) in [6.07, 6.45) is -0.119. The van der Waals surface area contributed by atoms with Crippen LogP contribution in [0.4, 0.5) is 5.69 Å². The number of anilines is 1. The lowest BCUT2D eigenvalue weighted by Crippen LogP contribution is -2.31. The first-order valence-electron chi connectivity index (χ1n) is 6.63. The summed E-state index contributed by atoms with van der Waals surface area (Å²) in [5, 5.41) is 10.8. The molecule has 0 radical (unpaired) electrons. The zero-order chi connectivity index (χ0) is 14.5. The minimum atomic E-state index is -0.952. The van der Waals surface area contributed by atoms with Crippen LogP contribution in [0.1, 0.15) is 19.8 Å². The summed E-state index contributed by atoms with van der Waals surface area (Å²) in [4.78, 5) is 24.4. The summed E-state index contributed by atoms with van der Waals surface area (Å²) in [6, 6.07) is 13.6. The minimum absolute atomic E-state index is 0.0202. The van der Waals surface area contributed by atoms with Crippen molar-refractivity contribution < 1.29 is 14.7 Å². The SMILES string of the molecule is CCN(C(=O)CCC(=O)O)c1cccc2ccccc12. The number of benzene rings is 2. The molecule has 0 unspecified atom stereocenters. The van der Waals surface area contributed by atoms with E-state index in [0.29, 0.717) is 6.54 Å². The summed E-state index contributed by atoms with van der Waals surface area (Å²) in [5.74, 6) is -1.11. The summed E-state index contributed by atoms with van der Waals surface area (Å²) >= 11 is 0. The molecule has 2 aromatic rings. The van der Waals surface area contributed by atoms with E-state index in [1.54, 1.807) is 4.90 Å². The fraction of sp³-hybridized carbons (Fsp3) is 0.250. The number of hydrogen-bond donors (Lipinski definition) is 1. The van der Waals surface area contributed by atoms with Crippen LogP contribution >= 0.6 is 0 Å². The fourth-order valence-electron chi connectivity index (χ4n) is 2.27. The molecule has 0 aliphatic rings. The highest BCUT2D eigenvalue weighted by molar-refractivity contribution is 6.04. The van der Waals surface area contributed by atoms with Gasteiger partial charge < -0.3 is 10.0 Å². The zero-order valence-electron chi connectivity index (χ0n) is 11.4. The highest BCUT2D eigenvalue weighted by Crippen LogP contribution is 2.27. The van der Waals surface area contributed by atoms with Crippen molar-refractivity contribution in [3.8, 4) is 0 Å². The molecule has 0 aliphatic heterocycles. The van der Waals surface area contributed by atoms with Crippen LogP contribution in [0.5, 0.6) is 0 Å². The van der Waals surface area contributed by atoms with Crippen LogP contribution < -0.4 is 4.90 Å². The van der Waals surface area contributed by atoms with Crippen molar-refractivity contribution in [3.63, 3.8) is 0 Å². The Hall–Kier alpha value is -2.36. The van der Waals surface area contributed by atoms with Crippen LogP contribution in [0, 0.1) is 0 Å². The number of hydrogen-bond acceptors (Lipinski definition) is 2. The van der Waals surface area contributed by atoms with Crippen LogP contribution in [0.3, 0.4) is 0 Å². The zero-order valence-corrected chi connectivity index (χ0v) is 11.4. The molecule has 1 amide bonds. The smallest absolute Gasteiger partial charge is 0.303 e. The highest BCUT2D eigenvalue weighted by Gasteiger charge is 2.16. The Balaban J connectivity index is 2.34. The summed E-state index contributed by atoms with van der Waals surface area (Å²) in [7, 11) is 0. The van der Waals surface area contributed by atoms with Gasteiger partial charge in [-0.1, -0.05) is 36.4 Å². The van der Waals surface area contributed by atoms with E-state index in [0.717, 1.165) is 16.5 Å². The Kier molecular flexibility index (Phi) is 4.35. The molecular formula is C16H17NO3. The molecule has 0 heterocycles. The first-order chi connectivity index (χ1) is 9.63. The van der Waals surface area contributed by atoms with Gasteiger partial charge >= 0.3 is 5.97 Å². The van der Waals surface area contributed by atoms with Crippen molar-refractivity contribution in [2.45, 2.75) is 19.8 Å². The topological polar surface area (TPSA) is 57.6 Å². The van der Waals surface area contributed by atoms with Gasteiger partial charge in [-0.15, -0.1) is 0 Å². The van der Waals surface area contributed by atoms with Crippen molar-refractivity contribution in [2.75, 3.05) is 11.4 Å². The monoisotopic (exact) mass is 271 g/mol. The molecule has 20 heavy (non-hydrogen) atoms. The molecule has 0 spiro atoms. The lowest BCUT2D eigenvalue weighted by molar-refractivity contribution is -0.138. The van der Waals surface area contributed by atoms with Crippen LogP contribution in [-0.4, -0.2) is 23.5 Å². The third-order valence-electron chi connectivity index (χ3n) is 3.23. The minimum Gasteiger partial charge on any atom is -0.481 e. The van der Waals surface area contributed by atoms with E-state index in [2.05, 4.69) is 0 Å². The number of carbonyl (C=O) groups excluding carboxylic acids is 1. The molecule has 1 N–H and O–H groups in total. The number of amides is 1. The molecule has 0 aromatic heterocycles. The molecule has 104 valence electrons. The Bertz CT molecular complexity index is 631. The van der Waals surface area contributed by atoms with Crippen LogP contribution in [-0.2, 0) is 9.59 Å². The fourth-order valence-corrected chi connectivity index (χ4v) is 2.27. The van der Waals surface area contributed by atoms with E-state index < -0.39 is 5.97 Å². The van der Waals surface area contributed by atoms with Gasteiger partial charge in [0.25, 0.3) is 0 Å². The standard InChI is InChI=1S/C16H17NO3/c1-2-17(15(18)10-11-16(19)20)14-9-5-7-12-6-3-4-8-13(12)14/h3-9H,2,10-11H2,1H3,(H,19,20). The third-order valence-corrected chi connectivity index (χ3v) is 3.23. The van der Waals surface area contributed by atoms with Crippen molar-refractivity contribution in [1.82, 2.24) is 0 Å². The number of nitrogens with zero attached hydrogens (tertiary/aromatic N) is 1. The number of carboxylic acid groups (broad SMARTS) is 1. The molecule has 0 aliphatic carbocycles. The maximum atomic E-state index is 12.2. The van der Waals surface area contributed by atoms with Gasteiger partial charge in [0.05, 0.1) is 12.1 Å². The van der Waals surface area contributed by atoms with Gasteiger partial charge in [-0.25, -0.2) is 0 Å². The van der Waals surface area contributed by atoms with Gasteiger partial charge in [-0.2, -0.15) is 0 Å². The predicted octanol–water partition coefficient (Wildman–Crippen LogP) is 3.06. The maximum Gasteiger partial charge on any atom is 0.303 e. The van der Waals surface area contributed by atoms with Gasteiger partial charge in [0.15, 0.2) is 0 Å². The molecule has 4 heteroatoms. The summed E-state index contributed by atoms with van der Waals surface area (Å²) < 4.78 is 0. The normalized spacial score (nSPS) is 10.4. The van der Waals surface area contributed by atoms with Crippen LogP contribution in [0.15, 0.2) is 42.5 Å². The Morgan fingerprint density at radius 2 is 1.75 bits per heavy atom. The predicted molar refractivity (Wildman–Crippen MR) is 78.8 cm³/mol. The summed E-state index contributed by atoms with van der Waals surface area (Å²) in [5.41, 5.74) is 0.834. The molecule has 0 atom stereocenters. The van der Waals surface area contributed by atoms with E-state index in [1.807, 2.05) is 49.4 Å². The lowest BCUT2D eigenvalue weighted by Gasteiger charge is -2.22. The summed E-state index contributed by atoms with van der Waals surface area (Å²) in [6.45, 7) is 2.41. The number of rotatable bonds is 5. The van der Waals surface area contributed by atoms with Crippen LogP contribution in [0.2, 0.25) is 0 Å². The molecule has 0 bridgehead atoms. The Labute approximate surface area is 117 Å². The molecule has 0 saturated heterocycles. The number of aliphatic carboxylic acids is 1. The van der Waals surface area contributed by atoms with Gasteiger partial charge in [-0.05, 0) is 18.4 Å². The average Bonchev–Trinajstić information content (AvgIpc) is 2.46. The Morgan fingerprint density at radius 3 is 2.45 bits per heavy atom. The van der Waals surface area contributed by atoms with E-state index in [1.165, 1.54) is 0 Å². The van der Waals surface area contributed by atoms with Gasteiger partial charge in [0, 0.05) is 18.4 Å². The Morgan fingerprint density at radius 1 is 1.05 bits per heavy atom. The second-order valence-electron chi connectivity index (χ2n) is 4.53. The largest absolute Gasteiger partial charge is 0.481 e.